The summed E-state index contributed by atoms with van der Waals surface area (Å²) in [4.78, 5) is 0. The van der Waals surface area contributed by atoms with Crippen molar-refractivity contribution in [1.82, 2.24) is 0 Å². The van der Waals surface area contributed by atoms with Crippen molar-refractivity contribution in [2.75, 3.05) is 26.7 Å². The Balaban J connectivity index is 0.00000196. The van der Waals surface area contributed by atoms with E-state index in [1.165, 1.54) is 0 Å². The Labute approximate surface area is 156 Å². The molecule has 1 aliphatic rings. The first kappa shape index (κ1) is 17.8. The minimum Gasteiger partial charge on any atom is -1.00 e. The second-order valence-electron chi connectivity index (χ2n) is 5.48. The van der Waals surface area contributed by atoms with Gasteiger partial charge >= 0.3 is 0 Å². The highest BCUT2D eigenvalue weighted by molar-refractivity contribution is 5.82. The van der Waals surface area contributed by atoms with Crippen LogP contribution in [0.1, 0.15) is 0 Å². The molecule has 8 heteroatoms. The summed E-state index contributed by atoms with van der Waals surface area (Å²) in [6.45, 7) is 0.168. The maximum Gasteiger partial charge on any atom is 0.231 e. The van der Waals surface area contributed by atoms with E-state index in [9.17, 15) is 0 Å². The third kappa shape index (κ3) is 2.86. The summed E-state index contributed by atoms with van der Waals surface area (Å²) >= 11 is 0. The number of rotatable bonds is 4. The molecule has 0 saturated carbocycles. The Bertz CT molecular complexity index is 941. The Kier molecular flexibility index (Phi) is 4.81. The van der Waals surface area contributed by atoms with Crippen molar-refractivity contribution in [3.8, 4) is 45.4 Å². The lowest BCUT2D eigenvalue weighted by atomic mass is 10.0. The van der Waals surface area contributed by atoms with E-state index >= 15 is 0 Å². The number of anilines is 1. The monoisotopic (exact) mass is 376 g/mol. The molecule has 0 spiro atoms. The number of hydrogen-bond acceptors (Lipinski definition) is 6. The summed E-state index contributed by atoms with van der Waals surface area (Å²) in [5.74, 6) is 3.06. The van der Waals surface area contributed by atoms with Gasteiger partial charge in [-0.15, -0.1) is 0 Å². The summed E-state index contributed by atoms with van der Waals surface area (Å²) in [6.07, 6.45) is 1.77. The number of methoxy groups -OCH3 is 2. The third-order valence-electron chi connectivity index (χ3n) is 4.07. The van der Waals surface area contributed by atoms with Crippen LogP contribution in [0.5, 0.6) is 23.0 Å². The van der Waals surface area contributed by atoms with Gasteiger partial charge < -0.3 is 37.1 Å². The molecule has 4 rings (SSSR count). The Hall–Kier alpha value is -3.06. The zero-order chi connectivity index (χ0) is 17.4. The number of benzene rings is 2. The van der Waals surface area contributed by atoms with E-state index in [2.05, 4.69) is 5.16 Å². The molecule has 7 nitrogen and oxygen atoms in total. The first-order valence-corrected chi connectivity index (χ1v) is 7.63. The van der Waals surface area contributed by atoms with E-state index in [0.29, 0.717) is 34.4 Å². The van der Waals surface area contributed by atoms with E-state index in [4.69, 9.17) is 29.2 Å². The molecule has 0 unspecified atom stereocenters. The Morgan fingerprint density at radius 2 is 1.81 bits per heavy atom. The van der Waals surface area contributed by atoms with Crippen LogP contribution < -0.4 is 42.2 Å². The number of nitrogen functional groups attached to an aromatic ring is 1. The van der Waals surface area contributed by atoms with E-state index in [1.54, 1.807) is 20.4 Å². The van der Waals surface area contributed by atoms with Crippen molar-refractivity contribution >= 4 is 5.69 Å². The minimum atomic E-state index is 0. The molecule has 0 amide bonds. The van der Waals surface area contributed by atoms with E-state index < -0.39 is 0 Å². The first-order valence-electron chi connectivity index (χ1n) is 7.63. The molecule has 0 fully saturated rings. The van der Waals surface area contributed by atoms with E-state index in [-0.39, 0.29) is 19.2 Å². The van der Waals surface area contributed by atoms with Crippen LogP contribution in [0.3, 0.4) is 0 Å². The topological polar surface area (TPSA) is 90.2 Å². The first-order chi connectivity index (χ1) is 12.2. The maximum absolute atomic E-state index is 6.02. The van der Waals surface area contributed by atoms with Crippen LogP contribution in [0.15, 0.2) is 41.1 Å². The standard InChI is InChI=1S/C18H16N2O5.ClH/c1-21-14-4-3-10(5-13(14)19)12-8-20-25-17(12)11-6-15(22-2)18-16(7-11)23-9-24-18;/h3-8H,9,19H2,1-2H3;1H. The highest BCUT2D eigenvalue weighted by Gasteiger charge is 2.25. The summed E-state index contributed by atoms with van der Waals surface area (Å²) < 4.78 is 27.1. The fraction of sp³-hybridized carbons (Fsp3) is 0.167. The van der Waals surface area contributed by atoms with Crippen LogP contribution in [-0.2, 0) is 0 Å². The number of nitrogens with one attached hydrogen (secondary N) is 1. The van der Waals surface area contributed by atoms with Gasteiger partial charge in [0.2, 0.25) is 24.5 Å². The number of ether oxygens (including phenoxy) is 4. The van der Waals surface area contributed by atoms with Gasteiger partial charge in [0.1, 0.15) is 11.3 Å². The van der Waals surface area contributed by atoms with Crippen molar-refractivity contribution in [3.63, 3.8) is 0 Å². The average molecular weight is 377 g/mol. The van der Waals surface area contributed by atoms with E-state index in [0.717, 1.165) is 16.7 Å². The fourth-order valence-corrected chi connectivity index (χ4v) is 2.86. The van der Waals surface area contributed by atoms with Crippen LogP contribution in [0.2, 0.25) is 0 Å². The lowest BCUT2D eigenvalue weighted by Gasteiger charge is -2.08. The highest BCUT2D eigenvalue weighted by atomic mass is 35.5. The molecule has 2 aromatic carbocycles. The number of aromatic amines is 1. The van der Waals surface area contributed by atoms with Gasteiger partial charge in [0.15, 0.2) is 11.5 Å². The summed E-state index contributed by atoms with van der Waals surface area (Å²) in [7, 11) is 3.17. The molecule has 1 aliphatic heterocycles. The van der Waals surface area contributed by atoms with E-state index in [1.807, 2.05) is 30.3 Å². The van der Waals surface area contributed by atoms with Crippen LogP contribution in [-0.4, -0.2) is 21.0 Å². The Morgan fingerprint density at radius 3 is 2.54 bits per heavy atom. The van der Waals surface area contributed by atoms with Gasteiger partial charge in [-0.2, -0.15) is 0 Å². The third-order valence-corrected chi connectivity index (χ3v) is 4.07. The normalized spacial score (nSPS) is 11.8. The quantitative estimate of drug-likeness (QED) is 0.632. The van der Waals surface area contributed by atoms with Crippen molar-refractivity contribution in [2.24, 2.45) is 0 Å². The second-order valence-corrected chi connectivity index (χ2v) is 5.48. The molecule has 0 radical (unpaired) electrons. The zero-order valence-corrected chi connectivity index (χ0v) is 14.9. The molecule has 0 aliphatic carbocycles. The van der Waals surface area contributed by atoms with Crippen molar-refractivity contribution < 1.29 is 41.0 Å². The lowest BCUT2D eigenvalue weighted by Crippen LogP contribution is -3.00. The van der Waals surface area contributed by atoms with Crippen molar-refractivity contribution in [1.29, 1.82) is 0 Å². The number of aromatic nitrogens is 1. The molecule has 26 heavy (non-hydrogen) atoms. The Morgan fingerprint density at radius 1 is 1.00 bits per heavy atom. The largest absolute Gasteiger partial charge is 1.00 e. The molecule has 0 atom stereocenters. The molecule has 1 aromatic heterocycles. The number of hydrogen-bond donors (Lipinski definition) is 1. The summed E-state index contributed by atoms with van der Waals surface area (Å²) in [6, 6.07) is 9.28. The lowest BCUT2D eigenvalue weighted by molar-refractivity contribution is -0.606. The molecule has 3 N–H and O–H groups in total. The molecular formula is C18H17ClN2O5. The fourth-order valence-electron chi connectivity index (χ4n) is 2.86. The van der Waals surface area contributed by atoms with Gasteiger partial charge in [-0.25, -0.2) is 4.52 Å². The van der Waals surface area contributed by atoms with Crippen LogP contribution >= 0.6 is 0 Å². The summed E-state index contributed by atoms with van der Waals surface area (Å²) in [5.41, 5.74) is 9.13. The van der Waals surface area contributed by atoms with Crippen molar-refractivity contribution in [2.45, 2.75) is 0 Å². The van der Waals surface area contributed by atoms with Gasteiger partial charge in [-0.3, -0.25) is 0 Å². The highest BCUT2D eigenvalue weighted by Crippen LogP contribution is 2.45. The predicted octanol–water partition coefficient (Wildman–Crippen LogP) is -0.240. The van der Waals surface area contributed by atoms with Crippen molar-refractivity contribution in [3.05, 3.63) is 36.5 Å². The SMILES string of the molecule is COc1ccc(-c2c[nH+]oc2-c2cc(OC)c3c(c2)OCO3)cc1N.[Cl-]. The smallest absolute Gasteiger partial charge is 0.231 e. The minimum absolute atomic E-state index is 0. The molecule has 136 valence electrons. The summed E-state index contributed by atoms with van der Waals surface area (Å²) in [5, 5.41) is 2.79. The molecule has 0 bridgehead atoms. The van der Waals surface area contributed by atoms with Crippen LogP contribution in [0.4, 0.5) is 5.69 Å². The number of halogens is 1. The number of nitrogens with two attached hydrogens (primary N) is 1. The number of H-pyrrole nitrogens is 1. The number of fused-ring (bicyclic) bond motifs is 1. The molecular weight excluding hydrogens is 360 g/mol. The second kappa shape index (κ2) is 7.05. The van der Waals surface area contributed by atoms with Gasteiger partial charge in [-0.05, 0) is 35.0 Å². The maximum atomic E-state index is 6.02. The molecule has 2 heterocycles. The molecule has 0 saturated heterocycles. The van der Waals surface area contributed by atoms with Gasteiger partial charge in [0.25, 0.3) is 0 Å². The average Bonchev–Trinajstić information content (AvgIpc) is 3.29. The van der Waals surface area contributed by atoms with Gasteiger partial charge in [-0.1, -0.05) is 6.07 Å². The zero-order valence-electron chi connectivity index (χ0n) is 14.2. The van der Waals surface area contributed by atoms with Gasteiger partial charge in [0, 0.05) is 5.56 Å². The van der Waals surface area contributed by atoms with Gasteiger partial charge in [0.05, 0.1) is 19.9 Å². The molecule has 3 aromatic rings. The van der Waals surface area contributed by atoms with Crippen LogP contribution in [0, 0.1) is 0 Å². The predicted molar refractivity (Wildman–Crippen MR) is 89.8 cm³/mol. The van der Waals surface area contributed by atoms with Crippen LogP contribution in [0.25, 0.3) is 22.5 Å².